The van der Waals surface area contributed by atoms with Gasteiger partial charge in [0.25, 0.3) is 0 Å². The minimum atomic E-state index is 0.613. The molecular formula is C15H14N4O. The molecule has 0 saturated heterocycles. The maximum atomic E-state index is 8.98. The first-order valence-corrected chi connectivity index (χ1v) is 6.57. The van der Waals surface area contributed by atoms with Gasteiger partial charge in [0.1, 0.15) is 11.5 Å². The average molecular weight is 266 g/mol. The molecule has 5 nitrogen and oxygen atoms in total. The molecule has 0 radical (unpaired) electrons. The molecule has 0 fully saturated rings. The van der Waals surface area contributed by atoms with Crippen LogP contribution in [0.2, 0.25) is 0 Å². The highest BCUT2D eigenvalue weighted by Crippen LogP contribution is 2.25. The molecule has 0 atom stereocenters. The summed E-state index contributed by atoms with van der Waals surface area (Å²) in [5.41, 5.74) is 3.17. The predicted octanol–water partition coefficient (Wildman–Crippen LogP) is 3.28. The van der Waals surface area contributed by atoms with Crippen LogP contribution < -0.4 is 0 Å². The van der Waals surface area contributed by atoms with Crippen LogP contribution in [0.15, 0.2) is 28.8 Å². The van der Waals surface area contributed by atoms with Crippen molar-refractivity contribution in [3.8, 4) is 17.6 Å². The first kappa shape index (κ1) is 12.4. The van der Waals surface area contributed by atoms with Crippen molar-refractivity contribution in [2.45, 2.75) is 26.8 Å². The molecule has 0 spiro atoms. The van der Waals surface area contributed by atoms with Crippen molar-refractivity contribution in [1.29, 1.82) is 5.26 Å². The third kappa shape index (κ3) is 1.95. The van der Waals surface area contributed by atoms with E-state index in [4.69, 9.17) is 9.78 Å². The molecule has 1 aromatic carbocycles. The molecule has 2 heterocycles. The molecule has 100 valence electrons. The van der Waals surface area contributed by atoms with Crippen LogP contribution in [0, 0.1) is 18.3 Å². The summed E-state index contributed by atoms with van der Waals surface area (Å²) in [6.45, 7) is 4.83. The van der Waals surface area contributed by atoms with Crippen LogP contribution in [-0.2, 0) is 6.54 Å². The molecule has 3 aromatic rings. The second-order valence-electron chi connectivity index (χ2n) is 4.73. The zero-order valence-electron chi connectivity index (χ0n) is 11.4. The van der Waals surface area contributed by atoms with Gasteiger partial charge < -0.3 is 9.09 Å². The lowest BCUT2D eigenvalue weighted by Crippen LogP contribution is -1.99. The van der Waals surface area contributed by atoms with Crippen LogP contribution in [0.5, 0.6) is 0 Å². The molecule has 0 aliphatic heterocycles. The standard InChI is InChI=1S/C15H14N4O/c1-3-6-19-14-5-4-11(9-16)8-12(14)17-15(19)13-7-10(2)20-18-13/h4-5,7-8H,3,6H2,1-2H3. The number of hydrogen-bond donors (Lipinski definition) is 0. The Morgan fingerprint density at radius 2 is 2.20 bits per heavy atom. The summed E-state index contributed by atoms with van der Waals surface area (Å²) in [7, 11) is 0. The fraction of sp³-hybridized carbons (Fsp3) is 0.267. The van der Waals surface area contributed by atoms with E-state index in [1.165, 1.54) is 0 Å². The Bertz CT molecular complexity index is 807. The van der Waals surface area contributed by atoms with Crippen LogP contribution in [0.3, 0.4) is 0 Å². The summed E-state index contributed by atoms with van der Waals surface area (Å²) in [6.07, 6.45) is 0.995. The number of benzene rings is 1. The van der Waals surface area contributed by atoms with E-state index in [2.05, 4.69) is 27.7 Å². The van der Waals surface area contributed by atoms with Gasteiger partial charge >= 0.3 is 0 Å². The van der Waals surface area contributed by atoms with Crippen LogP contribution in [0.25, 0.3) is 22.6 Å². The van der Waals surface area contributed by atoms with Gasteiger partial charge in [-0.2, -0.15) is 5.26 Å². The van der Waals surface area contributed by atoms with E-state index < -0.39 is 0 Å². The highest BCUT2D eigenvalue weighted by molar-refractivity contribution is 5.81. The predicted molar refractivity (Wildman–Crippen MR) is 75.0 cm³/mol. The van der Waals surface area contributed by atoms with E-state index in [0.717, 1.165) is 41.3 Å². The molecule has 0 aliphatic rings. The van der Waals surface area contributed by atoms with Crippen molar-refractivity contribution >= 4 is 11.0 Å². The van der Waals surface area contributed by atoms with Gasteiger partial charge in [-0.15, -0.1) is 0 Å². The van der Waals surface area contributed by atoms with Crippen molar-refractivity contribution < 1.29 is 4.52 Å². The normalized spacial score (nSPS) is 10.8. The lowest BCUT2D eigenvalue weighted by molar-refractivity contribution is 0.399. The second kappa shape index (κ2) is 4.82. The number of rotatable bonds is 3. The molecule has 3 rings (SSSR count). The zero-order chi connectivity index (χ0) is 14.1. The topological polar surface area (TPSA) is 67.6 Å². The van der Waals surface area contributed by atoms with E-state index in [9.17, 15) is 0 Å². The van der Waals surface area contributed by atoms with Gasteiger partial charge in [0, 0.05) is 12.6 Å². The summed E-state index contributed by atoms with van der Waals surface area (Å²) in [5.74, 6) is 1.54. The third-order valence-electron chi connectivity index (χ3n) is 3.18. The van der Waals surface area contributed by atoms with Crippen LogP contribution in [0.4, 0.5) is 0 Å². The summed E-state index contributed by atoms with van der Waals surface area (Å²) < 4.78 is 7.26. The molecule has 0 N–H and O–H groups in total. The zero-order valence-corrected chi connectivity index (χ0v) is 11.4. The van der Waals surface area contributed by atoms with Crippen molar-refractivity contribution in [1.82, 2.24) is 14.7 Å². The van der Waals surface area contributed by atoms with Gasteiger partial charge in [0.15, 0.2) is 5.82 Å². The second-order valence-corrected chi connectivity index (χ2v) is 4.73. The van der Waals surface area contributed by atoms with Crippen molar-refractivity contribution in [2.24, 2.45) is 0 Å². The maximum absolute atomic E-state index is 8.98. The fourth-order valence-corrected chi connectivity index (χ4v) is 2.32. The average Bonchev–Trinajstić information content (AvgIpc) is 3.03. The lowest BCUT2D eigenvalue weighted by atomic mass is 10.2. The maximum Gasteiger partial charge on any atom is 0.163 e. The highest BCUT2D eigenvalue weighted by atomic mass is 16.5. The fourth-order valence-electron chi connectivity index (χ4n) is 2.32. The monoisotopic (exact) mass is 266 g/mol. The van der Waals surface area contributed by atoms with E-state index in [0.29, 0.717) is 5.56 Å². The first-order valence-electron chi connectivity index (χ1n) is 6.57. The van der Waals surface area contributed by atoms with Crippen molar-refractivity contribution in [3.63, 3.8) is 0 Å². The summed E-state index contributed by atoms with van der Waals surface area (Å²) in [4.78, 5) is 4.61. The van der Waals surface area contributed by atoms with E-state index in [1.54, 1.807) is 6.07 Å². The summed E-state index contributed by atoms with van der Waals surface area (Å²) in [6, 6.07) is 9.57. The Balaban J connectivity index is 2.25. The highest BCUT2D eigenvalue weighted by Gasteiger charge is 2.15. The van der Waals surface area contributed by atoms with E-state index >= 15 is 0 Å². The Morgan fingerprint density at radius 3 is 2.85 bits per heavy atom. The number of aromatic nitrogens is 3. The number of aryl methyl sites for hydroxylation is 2. The van der Waals surface area contributed by atoms with Gasteiger partial charge in [-0.05, 0) is 31.5 Å². The van der Waals surface area contributed by atoms with Crippen LogP contribution in [-0.4, -0.2) is 14.7 Å². The quantitative estimate of drug-likeness (QED) is 0.729. The number of imidazole rings is 1. The first-order chi connectivity index (χ1) is 9.72. The van der Waals surface area contributed by atoms with Gasteiger partial charge in [-0.3, -0.25) is 0 Å². The Hall–Kier alpha value is -2.61. The van der Waals surface area contributed by atoms with E-state index in [-0.39, 0.29) is 0 Å². The van der Waals surface area contributed by atoms with Gasteiger partial charge in [-0.1, -0.05) is 12.1 Å². The Morgan fingerprint density at radius 1 is 1.35 bits per heavy atom. The summed E-state index contributed by atoms with van der Waals surface area (Å²) in [5, 5.41) is 13.0. The molecule has 20 heavy (non-hydrogen) atoms. The van der Waals surface area contributed by atoms with Crippen molar-refractivity contribution in [3.05, 3.63) is 35.6 Å². The number of fused-ring (bicyclic) bond motifs is 1. The largest absolute Gasteiger partial charge is 0.361 e. The molecular weight excluding hydrogens is 252 g/mol. The molecule has 2 aromatic heterocycles. The number of nitrogens with zero attached hydrogens (tertiary/aromatic N) is 4. The molecule has 0 aliphatic carbocycles. The Kier molecular flexibility index (Phi) is 2.99. The van der Waals surface area contributed by atoms with E-state index in [1.807, 2.05) is 25.1 Å². The molecule has 0 amide bonds. The third-order valence-corrected chi connectivity index (χ3v) is 3.18. The number of hydrogen-bond acceptors (Lipinski definition) is 4. The van der Waals surface area contributed by atoms with Gasteiger partial charge in [0.05, 0.1) is 22.7 Å². The molecule has 0 bridgehead atoms. The minimum Gasteiger partial charge on any atom is -0.361 e. The number of nitriles is 1. The molecule has 0 unspecified atom stereocenters. The molecule has 5 heteroatoms. The smallest absolute Gasteiger partial charge is 0.163 e. The lowest BCUT2D eigenvalue weighted by Gasteiger charge is -2.05. The van der Waals surface area contributed by atoms with Gasteiger partial charge in [-0.25, -0.2) is 4.98 Å². The SMILES string of the molecule is CCCn1c(-c2cc(C)on2)nc2cc(C#N)ccc21. The van der Waals surface area contributed by atoms with Crippen LogP contribution in [0.1, 0.15) is 24.7 Å². The molecule has 0 saturated carbocycles. The van der Waals surface area contributed by atoms with Crippen molar-refractivity contribution in [2.75, 3.05) is 0 Å². The summed E-state index contributed by atoms with van der Waals surface area (Å²) >= 11 is 0. The Labute approximate surface area is 116 Å². The van der Waals surface area contributed by atoms with Crippen LogP contribution >= 0.6 is 0 Å². The van der Waals surface area contributed by atoms with Gasteiger partial charge in [0.2, 0.25) is 0 Å². The minimum absolute atomic E-state index is 0.613.